The second-order valence-electron chi connectivity index (χ2n) is 5.36. The van der Waals surface area contributed by atoms with E-state index in [1.165, 1.54) is 0 Å². The van der Waals surface area contributed by atoms with Crippen molar-refractivity contribution in [3.8, 4) is 5.75 Å². The molecule has 0 spiro atoms. The van der Waals surface area contributed by atoms with Gasteiger partial charge in [0.1, 0.15) is 12.4 Å². The van der Waals surface area contributed by atoms with E-state index in [0.717, 1.165) is 30.9 Å². The molecule has 6 heteroatoms. The van der Waals surface area contributed by atoms with Crippen molar-refractivity contribution in [3.05, 3.63) is 29.8 Å². The number of ether oxygens (including phenoxy) is 2. The van der Waals surface area contributed by atoms with Crippen molar-refractivity contribution in [1.29, 1.82) is 0 Å². The van der Waals surface area contributed by atoms with Crippen LogP contribution in [0.25, 0.3) is 0 Å². The Balaban J connectivity index is 0.00000242. The first-order valence-corrected chi connectivity index (χ1v) is 7.41. The summed E-state index contributed by atoms with van der Waals surface area (Å²) in [6.45, 7) is 5.61. The summed E-state index contributed by atoms with van der Waals surface area (Å²) in [5.74, 6) is 0.962. The van der Waals surface area contributed by atoms with Gasteiger partial charge in [-0.15, -0.1) is 12.4 Å². The lowest BCUT2D eigenvalue weighted by Crippen LogP contribution is -2.51. The molecule has 1 fully saturated rings. The Morgan fingerprint density at radius 2 is 2.23 bits per heavy atom. The van der Waals surface area contributed by atoms with E-state index in [0.29, 0.717) is 25.7 Å². The van der Waals surface area contributed by atoms with Crippen molar-refractivity contribution in [3.63, 3.8) is 0 Å². The second-order valence-corrected chi connectivity index (χ2v) is 5.36. The smallest absolute Gasteiger partial charge is 0.227 e. The fourth-order valence-corrected chi connectivity index (χ4v) is 2.43. The summed E-state index contributed by atoms with van der Waals surface area (Å²) in [5.41, 5.74) is 0.987. The van der Waals surface area contributed by atoms with Crippen molar-refractivity contribution < 1.29 is 14.3 Å². The van der Waals surface area contributed by atoms with E-state index in [4.69, 9.17) is 9.47 Å². The number of hydrogen-bond donors (Lipinski definition) is 1. The molecule has 0 aliphatic carbocycles. The summed E-state index contributed by atoms with van der Waals surface area (Å²) in [7, 11) is 1.65. The maximum Gasteiger partial charge on any atom is 0.227 e. The summed E-state index contributed by atoms with van der Waals surface area (Å²) in [6, 6.07) is 8.08. The Morgan fingerprint density at radius 3 is 2.95 bits per heavy atom. The van der Waals surface area contributed by atoms with Crippen LogP contribution < -0.4 is 10.1 Å². The van der Waals surface area contributed by atoms with Gasteiger partial charge in [-0.2, -0.15) is 0 Å². The number of methoxy groups -OCH3 is 1. The van der Waals surface area contributed by atoms with Crippen LogP contribution in [0.5, 0.6) is 5.75 Å². The maximum absolute atomic E-state index is 12.3. The van der Waals surface area contributed by atoms with Crippen LogP contribution >= 0.6 is 12.4 Å². The fourth-order valence-electron chi connectivity index (χ4n) is 2.43. The Morgan fingerprint density at radius 1 is 1.41 bits per heavy atom. The predicted molar refractivity (Wildman–Crippen MR) is 88.8 cm³/mol. The number of carbonyl (C=O) groups excluding carboxylic acids is 1. The molecule has 1 atom stereocenters. The van der Waals surface area contributed by atoms with Gasteiger partial charge in [0.2, 0.25) is 5.91 Å². The topological polar surface area (TPSA) is 50.8 Å². The van der Waals surface area contributed by atoms with Crippen LogP contribution in [0.15, 0.2) is 24.3 Å². The largest absolute Gasteiger partial charge is 0.491 e. The van der Waals surface area contributed by atoms with Crippen LogP contribution in [0.1, 0.15) is 12.5 Å². The third-order valence-electron chi connectivity index (χ3n) is 3.53. The zero-order chi connectivity index (χ0) is 15.1. The van der Waals surface area contributed by atoms with Gasteiger partial charge in [0.15, 0.2) is 0 Å². The molecule has 0 radical (unpaired) electrons. The molecular weight excluding hydrogens is 304 g/mol. The van der Waals surface area contributed by atoms with Gasteiger partial charge in [0, 0.05) is 32.8 Å². The van der Waals surface area contributed by atoms with E-state index < -0.39 is 0 Å². The lowest BCUT2D eigenvalue weighted by atomic mass is 10.1. The molecule has 1 aliphatic rings. The van der Waals surface area contributed by atoms with Gasteiger partial charge in [0.05, 0.1) is 13.0 Å². The molecule has 124 valence electrons. The summed E-state index contributed by atoms with van der Waals surface area (Å²) < 4.78 is 10.5. The molecule has 0 bridgehead atoms. The van der Waals surface area contributed by atoms with E-state index in [-0.39, 0.29) is 18.3 Å². The number of nitrogens with zero attached hydrogens (tertiary/aromatic N) is 1. The van der Waals surface area contributed by atoms with Crippen LogP contribution in [-0.4, -0.2) is 56.8 Å². The van der Waals surface area contributed by atoms with Crippen LogP contribution in [-0.2, 0) is 16.0 Å². The van der Waals surface area contributed by atoms with Gasteiger partial charge in [-0.05, 0) is 24.6 Å². The molecule has 1 aliphatic heterocycles. The molecule has 2 rings (SSSR count). The van der Waals surface area contributed by atoms with Gasteiger partial charge in [-0.3, -0.25) is 4.79 Å². The average molecular weight is 329 g/mol. The Labute approximate surface area is 138 Å². The minimum atomic E-state index is 0. The molecule has 1 N–H and O–H groups in total. The quantitative estimate of drug-likeness (QED) is 0.804. The Kier molecular flexibility index (Phi) is 8.24. The van der Waals surface area contributed by atoms with Gasteiger partial charge in [-0.1, -0.05) is 12.1 Å². The van der Waals surface area contributed by atoms with E-state index in [1.807, 2.05) is 29.2 Å². The molecule has 0 saturated carbocycles. The molecule has 1 aromatic rings. The molecule has 0 unspecified atom stereocenters. The summed E-state index contributed by atoms with van der Waals surface area (Å²) in [6.07, 6.45) is 0.425. The van der Waals surface area contributed by atoms with E-state index >= 15 is 0 Å². The van der Waals surface area contributed by atoms with Gasteiger partial charge in [-0.25, -0.2) is 0 Å². The van der Waals surface area contributed by atoms with Crippen molar-refractivity contribution in [2.45, 2.75) is 19.4 Å². The highest BCUT2D eigenvalue weighted by Gasteiger charge is 2.20. The molecular formula is C16H25ClN2O3. The van der Waals surface area contributed by atoms with Crippen LogP contribution in [0.4, 0.5) is 0 Å². The highest BCUT2D eigenvalue weighted by Crippen LogP contribution is 2.15. The molecule has 5 nitrogen and oxygen atoms in total. The van der Waals surface area contributed by atoms with Crippen molar-refractivity contribution in [2.24, 2.45) is 0 Å². The molecule has 1 aromatic carbocycles. The molecule has 1 amide bonds. The number of rotatable bonds is 6. The Bertz CT molecular complexity index is 470. The zero-order valence-corrected chi connectivity index (χ0v) is 14.0. The number of halogens is 1. The monoisotopic (exact) mass is 328 g/mol. The summed E-state index contributed by atoms with van der Waals surface area (Å²) in [4.78, 5) is 14.3. The minimum Gasteiger partial charge on any atom is -0.491 e. The summed E-state index contributed by atoms with van der Waals surface area (Å²) in [5, 5.41) is 3.34. The lowest BCUT2D eigenvalue weighted by molar-refractivity contribution is -0.131. The first-order valence-electron chi connectivity index (χ1n) is 7.41. The second kappa shape index (κ2) is 9.66. The van der Waals surface area contributed by atoms with Crippen molar-refractivity contribution in [1.82, 2.24) is 10.2 Å². The molecule has 1 heterocycles. The highest BCUT2D eigenvalue weighted by atomic mass is 35.5. The minimum absolute atomic E-state index is 0. The third-order valence-corrected chi connectivity index (χ3v) is 3.53. The van der Waals surface area contributed by atoms with Gasteiger partial charge in [0.25, 0.3) is 0 Å². The van der Waals surface area contributed by atoms with E-state index in [1.54, 1.807) is 7.11 Å². The van der Waals surface area contributed by atoms with E-state index in [2.05, 4.69) is 12.2 Å². The first-order chi connectivity index (χ1) is 10.2. The zero-order valence-electron chi connectivity index (χ0n) is 13.2. The number of piperazine rings is 1. The van der Waals surface area contributed by atoms with E-state index in [9.17, 15) is 4.79 Å². The average Bonchev–Trinajstić information content (AvgIpc) is 2.48. The molecule has 1 saturated heterocycles. The molecule has 0 aromatic heterocycles. The molecule has 22 heavy (non-hydrogen) atoms. The normalized spacial score (nSPS) is 17.7. The maximum atomic E-state index is 12.3. The fraction of sp³-hybridized carbons (Fsp3) is 0.562. The number of hydrogen-bond acceptors (Lipinski definition) is 4. The number of amides is 1. The van der Waals surface area contributed by atoms with Crippen LogP contribution in [0.3, 0.4) is 0 Å². The lowest BCUT2D eigenvalue weighted by Gasteiger charge is -2.32. The first kappa shape index (κ1) is 18.7. The SMILES string of the molecule is COCCOc1cccc(CC(=O)N2CCN[C@H](C)C2)c1.Cl. The van der Waals surface area contributed by atoms with Crippen molar-refractivity contribution >= 4 is 18.3 Å². The standard InChI is InChI=1S/C16H24N2O3.ClH/c1-13-12-18(7-6-17-13)16(19)11-14-4-3-5-15(10-14)21-9-8-20-2;/h3-5,10,13,17H,6-9,11-12H2,1-2H3;1H/t13-;/m1./s1. The third kappa shape index (κ3) is 5.83. The van der Waals surface area contributed by atoms with Crippen LogP contribution in [0, 0.1) is 0 Å². The van der Waals surface area contributed by atoms with Gasteiger partial charge < -0.3 is 19.7 Å². The predicted octanol–water partition coefficient (Wildman–Crippen LogP) is 1.50. The van der Waals surface area contributed by atoms with Crippen LogP contribution in [0.2, 0.25) is 0 Å². The van der Waals surface area contributed by atoms with Gasteiger partial charge >= 0.3 is 0 Å². The summed E-state index contributed by atoms with van der Waals surface area (Å²) >= 11 is 0. The van der Waals surface area contributed by atoms with Crippen molar-refractivity contribution in [2.75, 3.05) is 40.0 Å². The highest BCUT2D eigenvalue weighted by molar-refractivity contribution is 5.85. The number of carbonyl (C=O) groups is 1. The number of nitrogens with one attached hydrogen (secondary N) is 1. The number of benzene rings is 1. The Hall–Kier alpha value is -1.30.